The Balaban J connectivity index is 2.12. The van der Waals surface area contributed by atoms with Crippen molar-refractivity contribution in [3.05, 3.63) is 71.7 Å². The van der Waals surface area contributed by atoms with E-state index < -0.39 is 5.82 Å². The minimum atomic E-state index is -0.423. The van der Waals surface area contributed by atoms with E-state index >= 15 is 0 Å². The number of rotatable bonds is 2. The van der Waals surface area contributed by atoms with E-state index in [9.17, 15) is 9.18 Å². The van der Waals surface area contributed by atoms with Crippen LogP contribution in [-0.2, 0) is 0 Å². The molecule has 0 aliphatic carbocycles. The van der Waals surface area contributed by atoms with E-state index in [4.69, 9.17) is 4.42 Å². The molecule has 0 aliphatic heterocycles. The van der Waals surface area contributed by atoms with Gasteiger partial charge >= 0.3 is 0 Å². The zero-order valence-electron chi connectivity index (χ0n) is 9.39. The number of halogens is 1. The van der Waals surface area contributed by atoms with Gasteiger partial charge in [-0.3, -0.25) is 4.79 Å². The van der Waals surface area contributed by atoms with Crippen molar-refractivity contribution in [2.45, 2.75) is 0 Å². The van der Waals surface area contributed by atoms with Crippen molar-refractivity contribution >= 4 is 16.8 Å². The Morgan fingerprint density at radius 2 is 1.89 bits per heavy atom. The van der Waals surface area contributed by atoms with E-state index in [1.165, 1.54) is 24.5 Å². The molecule has 0 N–H and O–H groups in total. The standard InChI is InChI=1S/C15H9FO2/c16-11-5-3-4-10(8-11)15(17)13-9-18-14-7-2-1-6-12(13)14/h1-9H. The Bertz CT molecular complexity index is 728. The van der Waals surface area contributed by atoms with Gasteiger partial charge in [0.05, 0.1) is 5.56 Å². The van der Waals surface area contributed by atoms with E-state index in [0.717, 1.165) is 5.39 Å². The van der Waals surface area contributed by atoms with Crippen molar-refractivity contribution in [3.8, 4) is 0 Å². The van der Waals surface area contributed by atoms with Crippen LogP contribution in [0, 0.1) is 5.82 Å². The molecule has 0 saturated heterocycles. The summed E-state index contributed by atoms with van der Waals surface area (Å²) < 4.78 is 18.4. The molecule has 0 amide bonds. The molecule has 3 heteroatoms. The molecule has 18 heavy (non-hydrogen) atoms. The van der Waals surface area contributed by atoms with Gasteiger partial charge in [0.2, 0.25) is 0 Å². The second kappa shape index (κ2) is 4.11. The van der Waals surface area contributed by atoms with Crippen molar-refractivity contribution in [3.63, 3.8) is 0 Å². The van der Waals surface area contributed by atoms with Gasteiger partial charge in [0.25, 0.3) is 0 Å². The van der Waals surface area contributed by atoms with E-state index in [1.807, 2.05) is 18.2 Å². The molecule has 0 saturated carbocycles. The van der Waals surface area contributed by atoms with Gasteiger partial charge in [-0.2, -0.15) is 0 Å². The van der Waals surface area contributed by atoms with Gasteiger partial charge in [-0.15, -0.1) is 0 Å². The number of carbonyl (C=O) groups is 1. The summed E-state index contributed by atoms with van der Waals surface area (Å²) in [5.41, 5.74) is 1.43. The molecule has 1 aromatic heterocycles. The highest BCUT2D eigenvalue weighted by Crippen LogP contribution is 2.23. The summed E-state index contributed by atoms with van der Waals surface area (Å²) in [5.74, 6) is -0.659. The molecular formula is C15H9FO2. The monoisotopic (exact) mass is 240 g/mol. The van der Waals surface area contributed by atoms with Gasteiger partial charge in [-0.1, -0.05) is 30.3 Å². The molecule has 0 spiro atoms. The van der Waals surface area contributed by atoms with Crippen molar-refractivity contribution in [2.75, 3.05) is 0 Å². The molecular weight excluding hydrogens is 231 g/mol. The number of carbonyl (C=O) groups excluding carboxylic acids is 1. The first-order valence-electron chi connectivity index (χ1n) is 5.52. The quantitative estimate of drug-likeness (QED) is 0.638. The lowest BCUT2D eigenvalue weighted by Gasteiger charge is -1.98. The number of furan rings is 1. The number of benzene rings is 2. The maximum absolute atomic E-state index is 13.1. The summed E-state index contributed by atoms with van der Waals surface area (Å²) in [6, 6.07) is 12.9. The smallest absolute Gasteiger partial charge is 0.196 e. The van der Waals surface area contributed by atoms with Crippen LogP contribution in [0.1, 0.15) is 15.9 Å². The first-order chi connectivity index (χ1) is 8.75. The average Bonchev–Trinajstić information content (AvgIpc) is 2.82. The minimum absolute atomic E-state index is 0.237. The second-order valence-corrected chi connectivity index (χ2v) is 3.99. The third kappa shape index (κ3) is 1.70. The fourth-order valence-corrected chi connectivity index (χ4v) is 1.94. The van der Waals surface area contributed by atoms with Crippen LogP contribution in [0.4, 0.5) is 4.39 Å². The summed E-state index contributed by atoms with van der Waals surface area (Å²) in [5, 5.41) is 0.742. The number of fused-ring (bicyclic) bond motifs is 1. The molecule has 0 bridgehead atoms. The summed E-state index contributed by atoms with van der Waals surface area (Å²) in [6.07, 6.45) is 1.41. The van der Waals surface area contributed by atoms with Gasteiger partial charge in [0, 0.05) is 10.9 Å². The summed E-state index contributed by atoms with van der Waals surface area (Å²) in [4.78, 5) is 12.2. The molecule has 0 aliphatic rings. The van der Waals surface area contributed by atoms with Gasteiger partial charge in [0.1, 0.15) is 17.7 Å². The predicted octanol–water partition coefficient (Wildman–Crippen LogP) is 3.80. The van der Waals surface area contributed by atoms with Crippen molar-refractivity contribution in [1.82, 2.24) is 0 Å². The van der Waals surface area contributed by atoms with Gasteiger partial charge in [0.15, 0.2) is 5.78 Å². The largest absolute Gasteiger partial charge is 0.464 e. The average molecular weight is 240 g/mol. The molecule has 1 heterocycles. The lowest BCUT2D eigenvalue weighted by Crippen LogP contribution is -2.00. The second-order valence-electron chi connectivity index (χ2n) is 3.99. The van der Waals surface area contributed by atoms with E-state index in [2.05, 4.69) is 0 Å². The lowest BCUT2D eigenvalue weighted by atomic mass is 10.0. The summed E-state index contributed by atoms with van der Waals surface area (Å²) >= 11 is 0. The topological polar surface area (TPSA) is 30.2 Å². The molecule has 0 unspecified atom stereocenters. The number of ketones is 1. The lowest BCUT2D eigenvalue weighted by molar-refractivity contribution is 0.103. The Morgan fingerprint density at radius 3 is 2.72 bits per heavy atom. The van der Waals surface area contributed by atoms with E-state index in [-0.39, 0.29) is 5.78 Å². The normalized spacial score (nSPS) is 10.7. The van der Waals surface area contributed by atoms with Crippen molar-refractivity contribution in [2.24, 2.45) is 0 Å². The van der Waals surface area contributed by atoms with Crippen LogP contribution in [0.2, 0.25) is 0 Å². The van der Waals surface area contributed by atoms with Crippen LogP contribution < -0.4 is 0 Å². The molecule has 2 nitrogen and oxygen atoms in total. The molecule has 88 valence electrons. The maximum atomic E-state index is 13.1. The first kappa shape index (κ1) is 10.7. The minimum Gasteiger partial charge on any atom is -0.464 e. The fourth-order valence-electron chi connectivity index (χ4n) is 1.94. The molecule has 2 aromatic carbocycles. The molecule has 0 fully saturated rings. The highest BCUT2D eigenvalue weighted by atomic mass is 19.1. The summed E-state index contributed by atoms with van der Waals surface area (Å²) in [6.45, 7) is 0. The van der Waals surface area contributed by atoms with Crippen LogP contribution in [0.15, 0.2) is 59.2 Å². The zero-order valence-corrected chi connectivity index (χ0v) is 9.39. The first-order valence-corrected chi connectivity index (χ1v) is 5.52. The van der Waals surface area contributed by atoms with Crippen LogP contribution in [0.3, 0.4) is 0 Å². The zero-order chi connectivity index (χ0) is 12.5. The van der Waals surface area contributed by atoms with Gasteiger partial charge in [-0.25, -0.2) is 4.39 Å². The highest BCUT2D eigenvalue weighted by molar-refractivity contribution is 6.15. The van der Waals surface area contributed by atoms with E-state index in [1.54, 1.807) is 12.1 Å². The number of hydrogen-bond acceptors (Lipinski definition) is 2. The number of hydrogen-bond donors (Lipinski definition) is 0. The van der Waals surface area contributed by atoms with Gasteiger partial charge < -0.3 is 4.42 Å². The molecule has 3 aromatic rings. The molecule has 3 rings (SSSR count). The third-order valence-electron chi connectivity index (χ3n) is 2.81. The Kier molecular flexibility index (Phi) is 2.45. The van der Waals surface area contributed by atoms with Crippen LogP contribution in [0.25, 0.3) is 11.0 Å². The SMILES string of the molecule is O=C(c1cccc(F)c1)c1coc2ccccc12. The maximum Gasteiger partial charge on any atom is 0.196 e. The molecule has 0 atom stereocenters. The van der Waals surface area contributed by atoms with Crippen LogP contribution in [-0.4, -0.2) is 5.78 Å². The predicted molar refractivity (Wildman–Crippen MR) is 66.0 cm³/mol. The fraction of sp³-hybridized carbons (Fsp3) is 0. The van der Waals surface area contributed by atoms with Crippen molar-refractivity contribution < 1.29 is 13.6 Å². The molecule has 0 radical (unpaired) electrons. The Labute approximate surface area is 103 Å². The van der Waals surface area contributed by atoms with Gasteiger partial charge in [-0.05, 0) is 18.2 Å². The van der Waals surface area contributed by atoms with Crippen molar-refractivity contribution in [1.29, 1.82) is 0 Å². The van der Waals surface area contributed by atoms with Crippen LogP contribution in [0.5, 0.6) is 0 Å². The summed E-state index contributed by atoms with van der Waals surface area (Å²) in [7, 11) is 0. The highest BCUT2D eigenvalue weighted by Gasteiger charge is 2.15. The number of para-hydroxylation sites is 1. The Hall–Kier alpha value is -2.42. The van der Waals surface area contributed by atoms with E-state index in [0.29, 0.717) is 16.7 Å². The van der Waals surface area contributed by atoms with Crippen LogP contribution >= 0.6 is 0 Å². The Morgan fingerprint density at radius 1 is 1.06 bits per heavy atom. The third-order valence-corrected chi connectivity index (χ3v) is 2.81.